The highest BCUT2D eigenvalue weighted by molar-refractivity contribution is 4.81. The molecule has 2 rings (SSSR count). The molecule has 100 valence electrons. The maximum atomic E-state index is 10.5. The summed E-state index contributed by atoms with van der Waals surface area (Å²) in [5, 5.41) is 10.5. The molecule has 2 fully saturated rings. The van der Waals surface area contributed by atoms with Crippen molar-refractivity contribution in [1.29, 1.82) is 0 Å². The lowest BCUT2D eigenvalue weighted by Crippen LogP contribution is -2.31. The van der Waals surface area contributed by atoms with Crippen molar-refractivity contribution in [3.63, 3.8) is 0 Å². The molecule has 0 saturated heterocycles. The van der Waals surface area contributed by atoms with Gasteiger partial charge >= 0.3 is 0 Å². The Balaban J connectivity index is 1.79. The summed E-state index contributed by atoms with van der Waals surface area (Å²) in [5.41, 5.74) is 0. The summed E-state index contributed by atoms with van der Waals surface area (Å²) in [6, 6.07) is 0. The Bertz CT molecular complexity index is 210. The second-order valence-electron chi connectivity index (χ2n) is 6.98. The number of aliphatic hydroxyl groups is 1. The number of aliphatic hydroxyl groups excluding tert-OH is 1. The van der Waals surface area contributed by atoms with Crippen LogP contribution in [-0.4, -0.2) is 11.2 Å². The standard InChI is InChI=1S/C16H30O/c1-12-8-13(2)10-15(9-12)16(17)11-14-6-4-3-5-7-14/h12-17H,3-11H2,1-2H3. The molecule has 3 atom stereocenters. The summed E-state index contributed by atoms with van der Waals surface area (Å²) in [6.07, 6.45) is 11.9. The molecular formula is C16H30O. The van der Waals surface area contributed by atoms with Crippen molar-refractivity contribution < 1.29 is 5.11 Å². The van der Waals surface area contributed by atoms with E-state index in [-0.39, 0.29) is 6.10 Å². The van der Waals surface area contributed by atoms with E-state index in [1.54, 1.807) is 0 Å². The summed E-state index contributed by atoms with van der Waals surface area (Å²) < 4.78 is 0. The first-order valence-electron chi connectivity index (χ1n) is 7.83. The first-order valence-corrected chi connectivity index (χ1v) is 7.83. The molecule has 0 aromatic rings. The molecule has 1 heteroatoms. The Morgan fingerprint density at radius 1 is 0.941 bits per heavy atom. The summed E-state index contributed by atoms with van der Waals surface area (Å²) in [5.74, 6) is 3.07. The van der Waals surface area contributed by atoms with Crippen molar-refractivity contribution in [3.8, 4) is 0 Å². The zero-order chi connectivity index (χ0) is 12.3. The van der Waals surface area contributed by atoms with Gasteiger partial charge in [-0.05, 0) is 49.4 Å². The van der Waals surface area contributed by atoms with Gasteiger partial charge < -0.3 is 5.11 Å². The minimum atomic E-state index is -0.0108. The van der Waals surface area contributed by atoms with Gasteiger partial charge in [0, 0.05) is 0 Å². The molecule has 2 aliphatic rings. The van der Waals surface area contributed by atoms with Crippen LogP contribution in [0, 0.1) is 23.7 Å². The average Bonchev–Trinajstić information content (AvgIpc) is 2.29. The third kappa shape index (κ3) is 3.98. The highest BCUT2D eigenvalue weighted by Gasteiger charge is 2.30. The Labute approximate surface area is 107 Å². The lowest BCUT2D eigenvalue weighted by Gasteiger charge is -2.36. The van der Waals surface area contributed by atoms with E-state index in [1.807, 2.05) is 0 Å². The largest absolute Gasteiger partial charge is 0.393 e. The molecule has 2 aliphatic carbocycles. The Morgan fingerprint density at radius 3 is 2.12 bits per heavy atom. The zero-order valence-electron chi connectivity index (χ0n) is 11.7. The first kappa shape index (κ1) is 13.4. The van der Waals surface area contributed by atoms with E-state index in [2.05, 4.69) is 13.8 Å². The molecule has 0 bridgehead atoms. The van der Waals surface area contributed by atoms with Crippen molar-refractivity contribution in [2.45, 2.75) is 77.7 Å². The van der Waals surface area contributed by atoms with Crippen LogP contribution in [0.5, 0.6) is 0 Å². The fourth-order valence-corrected chi connectivity index (χ4v) is 4.28. The molecule has 0 radical (unpaired) electrons. The van der Waals surface area contributed by atoms with Crippen LogP contribution in [0.4, 0.5) is 0 Å². The highest BCUT2D eigenvalue weighted by atomic mass is 16.3. The fraction of sp³-hybridized carbons (Fsp3) is 1.00. The van der Waals surface area contributed by atoms with Gasteiger partial charge in [0.2, 0.25) is 0 Å². The molecule has 0 amide bonds. The van der Waals surface area contributed by atoms with Crippen molar-refractivity contribution >= 4 is 0 Å². The lowest BCUT2D eigenvalue weighted by molar-refractivity contribution is 0.0334. The minimum absolute atomic E-state index is 0.0108. The SMILES string of the molecule is CC1CC(C)CC(C(O)CC2CCCCC2)C1. The minimum Gasteiger partial charge on any atom is -0.393 e. The van der Waals surface area contributed by atoms with Crippen LogP contribution in [0.15, 0.2) is 0 Å². The number of hydrogen-bond donors (Lipinski definition) is 1. The van der Waals surface area contributed by atoms with Gasteiger partial charge in [-0.15, -0.1) is 0 Å². The molecule has 1 nitrogen and oxygen atoms in total. The maximum absolute atomic E-state index is 10.5. The van der Waals surface area contributed by atoms with Gasteiger partial charge in [-0.2, -0.15) is 0 Å². The molecule has 0 heterocycles. The predicted molar refractivity (Wildman–Crippen MR) is 72.9 cm³/mol. The van der Waals surface area contributed by atoms with Gasteiger partial charge in [0.25, 0.3) is 0 Å². The zero-order valence-corrected chi connectivity index (χ0v) is 11.7. The summed E-state index contributed by atoms with van der Waals surface area (Å²) >= 11 is 0. The van der Waals surface area contributed by atoms with E-state index < -0.39 is 0 Å². The van der Waals surface area contributed by atoms with Crippen molar-refractivity contribution in [1.82, 2.24) is 0 Å². The highest BCUT2D eigenvalue weighted by Crippen LogP contribution is 2.37. The van der Waals surface area contributed by atoms with E-state index >= 15 is 0 Å². The quantitative estimate of drug-likeness (QED) is 0.773. The fourth-order valence-electron chi connectivity index (χ4n) is 4.28. The Hall–Kier alpha value is -0.0400. The molecule has 0 aromatic heterocycles. The van der Waals surface area contributed by atoms with Crippen LogP contribution in [0.3, 0.4) is 0 Å². The topological polar surface area (TPSA) is 20.2 Å². The molecule has 0 aromatic carbocycles. The van der Waals surface area contributed by atoms with Crippen LogP contribution in [-0.2, 0) is 0 Å². The van der Waals surface area contributed by atoms with Crippen LogP contribution < -0.4 is 0 Å². The lowest BCUT2D eigenvalue weighted by atomic mass is 9.72. The summed E-state index contributed by atoms with van der Waals surface area (Å²) in [6.45, 7) is 4.71. The molecule has 0 spiro atoms. The molecule has 1 N–H and O–H groups in total. The van der Waals surface area contributed by atoms with Gasteiger partial charge in [-0.1, -0.05) is 46.0 Å². The second kappa shape index (κ2) is 6.22. The number of hydrogen-bond acceptors (Lipinski definition) is 1. The third-order valence-electron chi connectivity index (χ3n) is 5.06. The van der Waals surface area contributed by atoms with E-state index in [0.29, 0.717) is 5.92 Å². The monoisotopic (exact) mass is 238 g/mol. The smallest absolute Gasteiger partial charge is 0.0571 e. The van der Waals surface area contributed by atoms with Crippen molar-refractivity contribution in [3.05, 3.63) is 0 Å². The van der Waals surface area contributed by atoms with Gasteiger partial charge in [-0.3, -0.25) is 0 Å². The summed E-state index contributed by atoms with van der Waals surface area (Å²) in [7, 11) is 0. The Morgan fingerprint density at radius 2 is 1.53 bits per heavy atom. The van der Waals surface area contributed by atoms with Gasteiger partial charge in [-0.25, -0.2) is 0 Å². The first-order chi connectivity index (χ1) is 8.15. The van der Waals surface area contributed by atoms with Gasteiger partial charge in [0.05, 0.1) is 6.10 Å². The molecule has 0 aliphatic heterocycles. The van der Waals surface area contributed by atoms with Crippen LogP contribution in [0.1, 0.15) is 71.6 Å². The summed E-state index contributed by atoms with van der Waals surface area (Å²) in [4.78, 5) is 0. The normalized spacial score (nSPS) is 37.9. The van der Waals surface area contributed by atoms with Gasteiger partial charge in [0.15, 0.2) is 0 Å². The van der Waals surface area contributed by atoms with Crippen LogP contribution in [0.2, 0.25) is 0 Å². The van der Waals surface area contributed by atoms with E-state index in [0.717, 1.165) is 24.2 Å². The maximum Gasteiger partial charge on any atom is 0.0571 e. The molecular weight excluding hydrogens is 208 g/mol. The van der Waals surface area contributed by atoms with Crippen LogP contribution in [0.25, 0.3) is 0 Å². The van der Waals surface area contributed by atoms with Crippen molar-refractivity contribution in [2.75, 3.05) is 0 Å². The molecule has 2 saturated carbocycles. The second-order valence-corrected chi connectivity index (χ2v) is 6.98. The van der Waals surface area contributed by atoms with Gasteiger partial charge in [0.1, 0.15) is 0 Å². The number of rotatable bonds is 3. The van der Waals surface area contributed by atoms with E-state index in [9.17, 15) is 5.11 Å². The predicted octanol–water partition coefficient (Wildman–Crippen LogP) is 4.39. The molecule has 17 heavy (non-hydrogen) atoms. The van der Waals surface area contributed by atoms with Crippen LogP contribution >= 0.6 is 0 Å². The average molecular weight is 238 g/mol. The third-order valence-corrected chi connectivity index (χ3v) is 5.06. The van der Waals surface area contributed by atoms with E-state index in [1.165, 1.54) is 51.4 Å². The molecule has 3 unspecified atom stereocenters. The van der Waals surface area contributed by atoms with Crippen molar-refractivity contribution in [2.24, 2.45) is 23.7 Å². The van der Waals surface area contributed by atoms with E-state index in [4.69, 9.17) is 0 Å². The Kier molecular flexibility index (Phi) is 4.90.